The van der Waals surface area contributed by atoms with Crippen LogP contribution in [0.3, 0.4) is 0 Å². The first-order valence-electron chi connectivity index (χ1n) is 8.19. The monoisotopic (exact) mass is 395 g/mol. The van der Waals surface area contributed by atoms with Crippen molar-refractivity contribution in [2.45, 2.75) is 37.8 Å². The highest BCUT2D eigenvalue weighted by Gasteiger charge is 2.29. The second-order valence-electron chi connectivity index (χ2n) is 6.31. The maximum atomic E-state index is 12.7. The zero-order valence-corrected chi connectivity index (χ0v) is 16.4. The summed E-state index contributed by atoms with van der Waals surface area (Å²) in [5.41, 5.74) is 0.886. The number of carbonyl (C=O) groups is 1. The summed E-state index contributed by atoms with van der Waals surface area (Å²) in [7, 11) is -3.85. The third-order valence-electron chi connectivity index (χ3n) is 3.92. The highest BCUT2D eigenvalue weighted by atomic mass is 35.5. The van der Waals surface area contributed by atoms with Crippen molar-refractivity contribution in [3.05, 3.63) is 59.4 Å². The minimum Gasteiger partial charge on any atom is -0.348 e. The Kier molecular flexibility index (Phi) is 6.75. The van der Waals surface area contributed by atoms with Gasteiger partial charge in [0.15, 0.2) is 0 Å². The number of halogens is 1. The first-order valence-corrected chi connectivity index (χ1v) is 10.0. The van der Waals surface area contributed by atoms with E-state index in [1.54, 1.807) is 38.4 Å². The van der Waals surface area contributed by atoms with Crippen molar-refractivity contribution in [3.8, 4) is 0 Å². The van der Waals surface area contributed by atoms with Gasteiger partial charge >= 0.3 is 0 Å². The number of nitrogens with zero attached hydrogens (tertiary/aromatic N) is 1. The van der Waals surface area contributed by atoms with E-state index in [-0.39, 0.29) is 22.8 Å². The lowest BCUT2D eigenvalue weighted by Crippen LogP contribution is -2.50. The van der Waals surface area contributed by atoms with Gasteiger partial charge in [0.2, 0.25) is 15.9 Å². The Hall–Kier alpha value is -1.96. The summed E-state index contributed by atoms with van der Waals surface area (Å²) >= 11 is 5.80. The molecule has 0 aliphatic carbocycles. The molecular formula is C18H22ClN3O3S. The van der Waals surface area contributed by atoms with Gasteiger partial charge in [0, 0.05) is 17.4 Å². The minimum atomic E-state index is -3.85. The summed E-state index contributed by atoms with van der Waals surface area (Å²) in [6.07, 6.45) is 3.28. The molecule has 2 aromatic rings. The maximum absolute atomic E-state index is 12.7. The molecule has 2 N–H and O–H groups in total. The van der Waals surface area contributed by atoms with Gasteiger partial charge in [-0.2, -0.15) is 4.72 Å². The number of benzene rings is 1. The Morgan fingerprint density at radius 2 is 1.62 bits per heavy atom. The van der Waals surface area contributed by atoms with Gasteiger partial charge < -0.3 is 5.32 Å². The van der Waals surface area contributed by atoms with Crippen molar-refractivity contribution in [2.24, 2.45) is 5.92 Å². The van der Waals surface area contributed by atoms with E-state index in [1.165, 1.54) is 24.3 Å². The van der Waals surface area contributed by atoms with Gasteiger partial charge in [-0.25, -0.2) is 8.42 Å². The third-order valence-corrected chi connectivity index (χ3v) is 5.63. The Labute approximate surface area is 159 Å². The third kappa shape index (κ3) is 5.27. The Morgan fingerprint density at radius 1 is 1.04 bits per heavy atom. The molecule has 1 aromatic carbocycles. The van der Waals surface area contributed by atoms with Crippen LogP contribution in [0, 0.1) is 5.92 Å². The van der Waals surface area contributed by atoms with E-state index in [0.717, 1.165) is 5.56 Å². The maximum Gasteiger partial charge on any atom is 0.241 e. The molecule has 26 heavy (non-hydrogen) atoms. The molecule has 0 aliphatic heterocycles. The van der Waals surface area contributed by atoms with Gasteiger partial charge in [-0.05, 0) is 54.8 Å². The van der Waals surface area contributed by atoms with Crippen LogP contribution in [0.15, 0.2) is 53.7 Å². The molecule has 1 amide bonds. The number of amides is 1. The number of nitrogens with one attached hydrogen (secondary N) is 2. The van der Waals surface area contributed by atoms with Crippen molar-refractivity contribution in [1.82, 2.24) is 15.0 Å². The number of sulfonamides is 1. The summed E-state index contributed by atoms with van der Waals surface area (Å²) in [6, 6.07) is 8.21. The van der Waals surface area contributed by atoms with Crippen molar-refractivity contribution in [2.75, 3.05) is 0 Å². The van der Waals surface area contributed by atoms with Crippen molar-refractivity contribution < 1.29 is 13.2 Å². The topological polar surface area (TPSA) is 88.2 Å². The van der Waals surface area contributed by atoms with E-state index >= 15 is 0 Å². The first-order chi connectivity index (χ1) is 12.2. The highest BCUT2D eigenvalue weighted by Crippen LogP contribution is 2.17. The molecule has 0 aliphatic rings. The van der Waals surface area contributed by atoms with E-state index in [9.17, 15) is 13.2 Å². The Balaban J connectivity index is 2.15. The summed E-state index contributed by atoms with van der Waals surface area (Å²) in [5.74, 6) is -0.622. The van der Waals surface area contributed by atoms with Gasteiger partial charge in [0.05, 0.1) is 10.9 Å². The van der Waals surface area contributed by atoms with Gasteiger partial charge in [-0.1, -0.05) is 25.4 Å². The number of hydrogen-bond donors (Lipinski definition) is 2. The van der Waals surface area contributed by atoms with Crippen LogP contribution in [0.25, 0.3) is 0 Å². The van der Waals surface area contributed by atoms with Crippen LogP contribution in [0.5, 0.6) is 0 Å². The predicted molar refractivity (Wildman–Crippen MR) is 101 cm³/mol. The van der Waals surface area contributed by atoms with E-state index in [2.05, 4.69) is 15.0 Å². The van der Waals surface area contributed by atoms with Gasteiger partial charge in [0.1, 0.15) is 6.04 Å². The summed E-state index contributed by atoms with van der Waals surface area (Å²) in [5, 5.41) is 3.28. The van der Waals surface area contributed by atoms with E-state index in [1.807, 2.05) is 6.92 Å². The predicted octanol–water partition coefficient (Wildman–Crippen LogP) is 2.92. The summed E-state index contributed by atoms with van der Waals surface area (Å²) < 4.78 is 27.6. The number of aromatic nitrogens is 1. The number of hydrogen-bond acceptors (Lipinski definition) is 4. The van der Waals surface area contributed by atoms with Crippen LogP contribution < -0.4 is 10.0 Å². The summed E-state index contributed by atoms with van der Waals surface area (Å²) in [4.78, 5) is 16.7. The van der Waals surface area contributed by atoms with Crippen LogP contribution in [-0.4, -0.2) is 25.4 Å². The van der Waals surface area contributed by atoms with Crippen LogP contribution >= 0.6 is 11.6 Å². The molecule has 0 saturated heterocycles. The van der Waals surface area contributed by atoms with Crippen LogP contribution in [0.4, 0.5) is 0 Å². The normalized spacial score (nSPS) is 14.0. The lowest BCUT2D eigenvalue weighted by atomic mass is 10.0. The molecule has 0 fully saturated rings. The Morgan fingerprint density at radius 3 is 2.15 bits per heavy atom. The molecule has 2 atom stereocenters. The first kappa shape index (κ1) is 20.4. The standard InChI is InChI=1S/C18H22ClN3O3S/c1-12(2)17(18(23)21-13(3)14-8-10-20-11-9-14)22-26(24,25)16-6-4-15(19)5-7-16/h4-13,17,22H,1-3H3,(H,21,23)/t13?,17-/m0/s1. The average molecular weight is 396 g/mol. The largest absolute Gasteiger partial charge is 0.348 e. The number of carbonyl (C=O) groups excluding carboxylic acids is 1. The zero-order valence-electron chi connectivity index (χ0n) is 14.8. The molecule has 140 valence electrons. The molecule has 0 spiro atoms. The quantitative estimate of drug-likeness (QED) is 0.754. The number of pyridine rings is 1. The molecular weight excluding hydrogens is 374 g/mol. The lowest BCUT2D eigenvalue weighted by Gasteiger charge is -2.24. The summed E-state index contributed by atoms with van der Waals surface area (Å²) in [6.45, 7) is 5.40. The molecule has 2 rings (SSSR count). The zero-order chi connectivity index (χ0) is 19.3. The fraction of sp³-hybridized carbons (Fsp3) is 0.333. The van der Waals surface area contributed by atoms with E-state index < -0.39 is 16.1 Å². The van der Waals surface area contributed by atoms with Crippen LogP contribution in [-0.2, 0) is 14.8 Å². The fourth-order valence-corrected chi connectivity index (χ4v) is 3.85. The molecule has 0 bridgehead atoms. The molecule has 1 aromatic heterocycles. The second kappa shape index (κ2) is 8.62. The molecule has 6 nitrogen and oxygen atoms in total. The van der Waals surface area contributed by atoms with E-state index in [0.29, 0.717) is 5.02 Å². The van der Waals surface area contributed by atoms with Gasteiger partial charge in [0.25, 0.3) is 0 Å². The fourth-order valence-electron chi connectivity index (χ4n) is 2.38. The smallest absolute Gasteiger partial charge is 0.241 e. The molecule has 1 unspecified atom stereocenters. The van der Waals surface area contributed by atoms with Crippen molar-refractivity contribution >= 4 is 27.5 Å². The SMILES string of the molecule is CC(NC(=O)[C@@H](NS(=O)(=O)c1ccc(Cl)cc1)C(C)C)c1ccncc1. The van der Waals surface area contributed by atoms with Gasteiger partial charge in [-0.3, -0.25) is 9.78 Å². The molecule has 0 radical (unpaired) electrons. The number of rotatable bonds is 7. The molecule has 1 heterocycles. The lowest BCUT2D eigenvalue weighted by molar-refractivity contribution is -0.124. The molecule has 0 saturated carbocycles. The highest BCUT2D eigenvalue weighted by molar-refractivity contribution is 7.89. The van der Waals surface area contributed by atoms with Crippen LogP contribution in [0.2, 0.25) is 5.02 Å². The van der Waals surface area contributed by atoms with Crippen molar-refractivity contribution in [3.63, 3.8) is 0 Å². The van der Waals surface area contributed by atoms with E-state index in [4.69, 9.17) is 11.6 Å². The molecule has 8 heteroatoms. The minimum absolute atomic E-state index is 0.0579. The van der Waals surface area contributed by atoms with Gasteiger partial charge in [-0.15, -0.1) is 0 Å². The van der Waals surface area contributed by atoms with Crippen LogP contribution in [0.1, 0.15) is 32.4 Å². The second-order valence-corrected chi connectivity index (χ2v) is 8.46. The average Bonchev–Trinajstić information content (AvgIpc) is 2.60. The Bertz CT molecular complexity index is 840. The van der Waals surface area contributed by atoms with Crippen molar-refractivity contribution in [1.29, 1.82) is 0 Å².